The number of anilines is 1. The van der Waals surface area contributed by atoms with E-state index in [9.17, 15) is 4.79 Å². The average molecular weight is 338 g/mol. The van der Waals surface area contributed by atoms with Crippen LogP contribution in [0.4, 0.5) is 5.69 Å². The first-order valence-corrected chi connectivity index (χ1v) is 8.22. The van der Waals surface area contributed by atoms with Gasteiger partial charge in [-0.25, -0.2) is 4.98 Å². The Morgan fingerprint density at radius 1 is 1.32 bits per heavy atom. The van der Waals surface area contributed by atoms with Gasteiger partial charge in [0.2, 0.25) is 0 Å². The summed E-state index contributed by atoms with van der Waals surface area (Å²) in [7, 11) is 0. The second-order valence-corrected chi connectivity index (χ2v) is 6.15. The van der Waals surface area contributed by atoms with E-state index < -0.39 is 0 Å². The van der Waals surface area contributed by atoms with Crippen LogP contribution in [0, 0.1) is 0 Å². The van der Waals surface area contributed by atoms with Gasteiger partial charge in [-0.1, -0.05) is 18.2 Å². The van der Waals surface area contributed by atoms with Crippen molar-refractivity contribution >= 4 is 35.3 Å². The highest BCUT2D eigenvalue weighted by atomic mass is 35.5. The molecule has 1 amide bonds. The van der Waals surface area contributed by atoms with Crippen molar-refractivity contribution in [3.63, 3.8) is 0 Å². The number of hydrogen-bond donors (Lipinski definition) is 1. The Labute approximate surface area is 140 Å². The van der Waals surface area contributed by atoms with Crippen LogP contribution in [0.15, 0.2) is 29.6 Å². The van der Waals surface area contributed by atoms with Crippen molar-refractivity contribution in [1.82, 2.24) is 4.98 Å². The number of hydrogen-bond acceptors (Lipinski definition) is 4. The summed E-state index contributed by atoms with van der Waals surface area (Å²) in [6.45, 7) is 1.33. The monoisotopic (exact) mass is 337 g/mol. The summed E-state index contributed by atoms with van der Waals surface area (Å²) in [5, 5.41) is 2.78. The molecule has 2 aromatic rings. The zero-order chi connectivity index (χ0) is 14.7. The molecule has 0 aliphatic carbocycles. The number of nitrogens with zero attached hydrogens (tertiary/aromatic N) is 2. The standard InChI is InChI=1S/C16H19N3OS.ClH/c17-9-8-15-18-13(11-21-15)16(20)19-10-4-3-6-12-5-1-2-7-14(12)19;/h1-2,5,7,11H,3-4,6,8-10,17H2;1H. The van der Waals surface area contributed by atoms with Crippen LogP contribution in [0.3, 0.4) is 0 Å². The van der Waals surface area contributed by atoms with Crippen molar-refractivity contribution in [2.45, 2.75) is 25.7 Å². The lowest BCUT2D eigenvalue weighted by Gasteiger charge is -2.21. The first kappa shape index (κ1) is 16.9. The van der Waals surface area contributed by atoms with Crippen molar-refractivity contribution in [3.8, 4) is 0 Å². The van der Waals surface area contributed by atoms with E-state index in [1.165, 1.54) is 16.9 Å². The van der Waals surface area contributed by atoms with Gasteiger partial charge in [0.15, 0.2) is 0 Å². The summed E-state index contributed by atoms with van der Waals surface area (Å²) in [5.41, 5.74) is 8.37. The number of carbonyl (C=O) groups is 1. The zero-order valence-electron chi connectivity index (χ0n) is 12.3. The molecule has 0 saturated carbocycles. The SMILES string of the molecule is Cl.NCCc1nc(C(=O)N2CCCCc3ccccc32)cs1. The molecule has 0 spiro atoms. The maximum absolute atomic E-state index is 12.8. The average Bonchev–Trinajstić information content (AvgIpc) is 2.86. The molecule has 0 atom stereocenters. The van der Waals surface area contributed by atoms with E-state index in [4.69, 9.17) is 5.73 Å². The minimum absolute atomic E-state index is 0. The third-order valence-electron chi connectivity index (χ3n) is 3.73. The summed E-state index contributed by atoms with van der Waals surface area (Å²) in [6.07, 6.45) is 3.92. The first-order valence-electron chi connectivity index (χ1n) is 7.34. The van der Waals surface area contributed by atoms with Gasteiger partial charge in [0, 0.05) is 24.0 Å². The van der Waals surface area contributed by atoms with Gasteiger partial charge in [-0.05, 0) is 37.4 Å². The largest absolute Gasteiger partial charge is 0.330 e. The Kier molecular flexibility index (Phi) is 5.94. The third kappa shape index (κ3) is 3.48. The van der Waals surface area contributed by atoms with Gasteiger partial charge in [-0.3, -0.25) is 4.79 Å². The lowest BCUT2D eigenvalue weighted by Crippen LogP contribution is -2.32. The number of aryl methyl sites for hydroxylation is 1. The molecule has 0 fully saturated rings. The molecule has 1 aromatic heterocycles. The molecule has 1 aliphatic rings. The molecule has 2 heterocycles. The molecule has 1 aliphatic heterocycles. The van der Waals surface area contributed by atoms with Crippen molar-refractivity contribution in [2.24, 2.45) is 5.73 Å². The molecule has 2 N–H and O–H groups in total. The smallest absolute Gasteiger partial charge is 0.277 e. The van der Waals surface area contributed by atoms with Gasteiger partial charge < -0.3 is 10.6 Å². The van der Waals surface area contributed by atoms with E-state index in [1.807, 2.05) is 28.5 Å². The van der Waals surface area contributed by atoms with E-state index in [-0.39, 0.29) is 18.3 Å². The second-order valence-electron chi connectivity index (χ2n) is 5.21. The van der Waals surface area contributed by atoms with Gasteiger partial charge in [-0.2, -0.15) is 0 Å². The van der Waals surface area contributed by atoms with Crippen LogP contribution in [0.1, 0.15) is 33.9 Å². The van der Waals surface area contributed by atoms with E-state index in [2.05, 4.69) is 11.1 Å². The van der Waals surface area contributed by atoms with Crippen LogP contribution >= 0.6 is 23.7 Å². The molecule has 1 aromatic carbocycles. The molecule has 6 heteroatoms. The number of nitrogens with two attached hydrogens (primary N) is 1. The topological polar surface area (TPSA) is 59.2 Å². The Hall–Kier alpha value is -1.43. The van der Waals surface area contributed by atoms with E-state index in [1.54, 1.807) is 0 Å². The fraction of sp³-hybridized carbons (Fsp3) is 0.375. The van der Waals surface area contributed by atoms with Crippen LogP contribution in [-0.4, -0.2) is 24.0 Å². The van der Waals surface area contributed by atoms with Crippen molar-refractivity contribution in [2.75, 3.05) is 18.0 Å². The van der Waals surface area contributed by atoms with Crippen LogP contribution in [0.25, 0.3) is 0 Å². The molecular weight excluding hydrogens is 318 g/mol. The van der Waals surface area contributed by atoms with Gasteiger partial charge in [-0.15, -0.1) is 23.7 Å². The number of rotatable bonds is 3. The normalized spacial score (nSPS) is 14.0. The van der Waals surface area contributed by atoms with Crippen molar-refractivity contribution in [1.29, 1.82) is 0 Å². The summed E-state index contributed by atoms with van der Waals surface area (Å²) in [4.78, 5) is 19.1. The quantitative estimate of drug-likeness (QED) is 0.936. The lowest BCUT2D eigenvalue weighted by atomic mass is 10.1. The minimum atomic E-state index is 0. The van der Waals surface area contributed by atoms with E-state index in [0.717, 1.165) is 42.9 Å². The Balaban J connectivity index is 0.00000176. The van der Waals surface area contributed by atoms with Gasteiger partial charge in [0.1, 0.15) is 5.69 Å². The van der Waals surface area contributed by atoms with E-state index in [0.29, 0.717) is 12.2 Å². The van der Waals surface area contributed by atoms with Crippen LogP contribution < -0.4 is 10.6 Å². The Morgan fingerprint density at radius 2 is 2.14 bits per heavy atom. The van der Waals surface area contributed by atoms with Gasteiger partial charge in [0.05, 0.1) is 5.01 Å². The predicted octanol–water partition coefficient (Wildman–Crippen LogP) is 3.05. The molecule has 4 nitrogen and oxygen atoms in total. The van der Waals surface area contributed by atoms with Gasteiger partial charge >= 0.3 is 0 Å². The number of thiazole rings is 1. The maximum atomic E-state index is 12.8. The highest BCUT2D eigenvalue weighted by Gasteiger charge is 2.23. The van der Waals surface area contributed by atoms with Crippen molar-refractivity contribution < 1.29 is 4.79 Å². The van der Waals surface area contributed by atoms with Gasteiger partial charge in [0.25, 0.3) is 5.91 Å². The zero-order valence-corrected chi connectivity index (χ0v) is 14.0. The maximum Gasteiger partial charge on any atom is 0.277 e. The number of aromatic nitrogens is 1. The molecule has 0 unspecified atom stereocenters. The van der Waals surface area contributed by atoms with Crippen LogP contribution in [-0.2, 0) is 12.8 Å². The minimum Gasteiger partial charge on any atom is -0.330 e. The Bertz CT molecular complexity index is 644. The summed E-state index contributed by atoms with van der Waals surface area (Å²) >= 11 is 1.51. The number of para-hydroxylation sites is 1. The molecule has 118 valence electrons. The van der Waals surface area contributed by atoms with Crippen molar-refractivity contribution in [3.05, 3.63) is 45.9 Å². The Morgan fingerprint density at radius 3 is 2.95 bits per heavy atom. The fourth-order valence-electron chi connectivity index (χ4n) is 2.69. The first-order chi connectivity index (χ1) is 10.3. The number of carbonyl (C=O) groups excluding carboxylic acids is 1. The summed E-state index contributed by atoms with van der Waals surface area (Å²) < 4.78 is 0. The molecule has 22 heavy (non-hydrogen) atoms. The second kappa shape index (κ2) is 7.72. The highest BCUT2D eigenvalue weighted by Crippen LogP contribution is 2.27. The number of amides is 1. The number of fused-ring (bicyclic) bond motifs is 1. The molecule has 0 saturated heterocycles. The van der Waals surface area contributed by atoms with E-state index >= 15 is 0 Å². The fourth-order valence-corrected chi connectivity index (χ4v) is 3.48. The molecule has 0 radical (unpaired) electrons. The summed E-state index contributed by atoms with van der Waals surface area (Å²) in [5.74, 6) is 0.00358. The molecular formula is C16H20ClN3OS. The lowest BCUT2D eigenvalue weighted by molar-refractivity contribution is 0.0982. The number of benzene rings is 1. The predicted molar refractivity (Wildman–Crippen MR) is 93.2 cm³/mol. The molecule has 3 rings (SSSR count). The van der Waals surface area contributed by atoms with Crippen LogP contribution in [0.2, 0.25) is 0 Å². The summed E-state index contributed by atoms with van der Waals surface area (Å²) in [6, 6.07) is 8.17. The molecule has 0 bridgehead atoms. The third-order valence-corrected chi connectivity index (χ3v) is 4.64. The number of halogens is 1. The van der Waals surface area contributed by atoms with Crippen LogP contribution in [0.5, 0.6) is 0 Å². The highest BCUT2D eigenvalue weighted by molar-refractivity contribution is 7.09.